The number of carbonyl (C=O) groups excluding carboxylic acids is 1. The van der Waals surface area contributed by atoms with E-state index < -0.39 is 14.9 Å². The second kappa shape index (κ2) is 11.3. The lowest BCUT2D eigenvalue weighted by molar-refractivity contribution is -0.385. The Morgan fingerprint density at radius 2 is 1.71 bits per heavy atom. The number of nitro groups is 1. The molecule has 2 N–H and O–H groups in total. The molecular formula is C23H29N3O7S. The predicted octanol–water partition coefficient (Wildman–Crippen LogP) is 2.52. The van der Waals surface area contributed by atoms with E-state index in [-0.39, 0.29) is 48.2 Å². The molecule has 0 saturated heterocycles. The van der Waals surface area contributed by atoms with Crippen LogP contribution >= 0.6 is 0 Å². The summed E-state index contributed by atoms with van der Waals surface area (Å²) in [6.45, 7) is 0.0918. The van der Waals surface area contributed by atoms with Gasteiger partial charge in [-0.15, -0.1) is 0 Å². The molecule has 0 aromatic heterocycles. The highest BCUT2D eigenvalue weighted by Crippen LogP contribution is 2.34. The largest absolute Gasteiger partial charge is 0.493 e. The first-order chi connectivity index (χ1) is 16.2. The fraction of sp³-hybridized carbons (Fsp3) is 0.435. The van der Waals surface area contributed by atoms with Crippen LogP contribution in [0.2, 0.25) is 0 Å². The summed E-state index contributed by atoms with van der Waals surface area (Å²) in [7, 11) is -0.892. The van der Waals surface area contributed by atoms with Crippen LogP contribution in [0.1, 0.15) is 36.0 Å². The van der Waals surface area contributed by atoms with E-state index >= 15 is 0 Å². The number of amides is 1. The molecule has 1 aliphatic rings. The number of hydrogen-bond donors (Lipinski definition) is 2. The van der Waals surface area contributed by atoms with E-state index in [1.54, 1.807) is 12.1 Å². The number of aryl methyl sites for hydroxylation is 2. The van der Waals surface area contributed by atoms with Crippen molar-refractivity contribution >= 4 is 21.6 Å². The maximum absolute atomic E-state index is 12.6. The first-order valence-electron chi connectivity index (χ1n) is 11.0. The summed E-state index contributed by atoms with van der Waals surface area (Å²) in [5.41, 5.74) is 2.51. The van der Waals surface area contributed by atoms with Crippen molar-refractivity contribution in [1.29, 1.82) is 0 Å². The molecule has 10 nitrogen and oxygen atoms in total. The second-order valence-electron chi connectivity index (χ2n) is 7.98. The van der Waals surface area contributed by atoms with Crippen molar-refractivity contribution in [3.05, 3.63) is 57.1 Å². The molecule has 0 fully saturated rings. The second-order valence-corrected chi connectivity index (χ2v) is 9.75. The van der Waals surface area contributed by atoms with Crippen molar-refractivity contribution < 1.29 is 27.6 Å². The zero-order valence-corrected chi connectivity index (χ0v) is 20.1. The lowest BCUT2D eigenvalue weighted by atomic mass is 9.92. The van der Waals surface area contributed by atoms with Gasteiger partial charge in [0.1, 0.15) is 0 Å². The molecule has 34 heavy (non-hydrogen) atoms. The molecule has 11 heteroatoms. The minimum atomic E-state index is -3.71. The van der Waals surface area contributed by atoms with Gasteiger partial charge in [0, 0.05) is 25.1 Å². The van der Waals surface area contributed by atoms with Gasteiger partial charge in [-0.2, -0.15) is 0 Å². The van der Waals surface area contributed by atoms with Gasteiger partial charge in [-0.3, -0.25) is 14.9 Å². The molecule has 0 saturated carbocycles. The molecule has 3 rings (SSSR count). The molecule has 0 spiro atoms. The number of carbonyl (C=O) groups is 1. The molecule has 0 atom stereocenters. The molecule has 1 aliphatic carbocycles. The molecule has 2 aromatic carbocycles. The van der Waals surface area contributed by atoms with Crippen molar-refractivity contribution in [3.63, 3.8) is 0 Å². The Morgan fingerprint density at radius 3 is 2.38 bits per heavy atom. The number of benzene rings is 2. The first-order valence-corrected chi connectivity index (χ1v) is 12.5. The topological polar surface area (TPSA) is 137 Å². The standard InChI is InChI=1S/C23H29N3O7S/c1-32-21-14-18(20(26(28)29)15-22(21)33-2)9-11-24-23(27)10-12-25-34(30,31)19-8-7-16-5-3-4-6-17(16)13-19/h7-8,13-15,25H,3-6,9-12H2,1-2H3,(H,24,27). The lowest BCUT2D eigenvalue weighted by Gasteiger charge is -2.16. The average Bonchev–Trinajstić information content (AvgIpc) is 2.83. The van der Waals surface area contributed by atoms with Crippen LogP contribution in [-0.2, 0) is 34.1 Å². The molecule has 2 aromatic rings. The predicted molar refractivity (Wildman–Crippen MR) is 126 cm³/mol. The van der Waals surface area contributed by atoms with E-state index in [0.717, 1.165) is 31.2 Å². The third-order valence-electron chi connectivity index (χ3n) is 5.77. The Kier molecular flexibility index (Phi) is 8.46. The third kappa shape index (κ3) is 6.23. The van der Waals surface area contributed by atoms with Crippen molar-refractivity contribution in [2.45, 2.75) is 43.4 Å². The van der Waals surface area contributed by atoms with Gasteiger partial charge in [0.2, 0.25) is 15.9 Å². The summed E-state index contributed by atoms with van der Waals surface area (Å²) < 4.78 is 37.9. The minimum Gasteiger partial charge on any atom is -0.493 e. The Labute approximate surface area is 198 Å². The normalized spacial score (nSPS) is 13.1. The minimum absolute atomic E-state index is 0.0538. The maximum atomic E-state index is 12.6. The van der Waals surface area contributed by atoms with Crippen molar-refractivity contribution in [1.82, 2.24) is 10.0 Å². The lowest BCUT2D eigenvalue weighted by Crippen LogP contribution is -2.31. The Balaban J connectivity index is 1.51. The van der Waals surface area contributed by atoms with Gasteiger partial charge in [0.25, 0.3) is 5.69 Å². The third-order valence-corrected chi connectivity index (χ3v) is 7.23. The van der Waals surface area contributed by atoms with Crippen molar-refractivity contribution in [2.24, 2.45) is 0 Å². The monoisotopic (exact) mass is 491 g/mol. The Bertz CT molecular complexity index is 1170. The maximum Gasteiger partial charge on any atom is 0.276 e. The van der Waals surface area contributed by atoms with Gasteiger partial charge in [0.15, 0.2) is 11.5 Å². The Hall–Kier alpha value is -3.18. The molecule has 0 unspecified atom stereocenters. The van der Waals surface area contributed by atoms with E-state index in [9.17, 15) is 23.3 Å². The van der Waals surface area contributed by atoms with E-state index in [1.165, 1.54) is 31.9 Å². The highest BCUT2D eigenvalue weighted by Gasteiger charge is 2.20. The van der Waals surface area contributed by atoms with Crippen molar-refractivity contribution in [3.8, 4) is 11.5 Å². The van der Waals surface area contributed by atoms with Gasteiger partial charge in [0.05, 0.1) is 30.1 Å². The number of ether oxygens (including phenoxy) is 2. The fourth-order valence-electron chi connectivity index (χ4n) is 3.96. The summed E-state index contributed by atoms with van der Waals surface area (Å²) in [6.07, 6.45) is 4.15. The van der Waals surface area contributed by atoms with Crippen LogP contribution < -0.4 is 19.5 Å². The summed E-state index contributed by atoms with van der Waals surface area (Å²) in [6, 6.07) is 7.97. The van der Waals surface area contributed by atoms with E-state index in [4.69, 9.17) is 9.47 Å². The molecule has 184 valence electrons. The van der Waals surface area contributed by atoms with Crippen LogP contribution in [-0.4, -0.2) is 46.6 Å². The molecule has 1 amide bonds. The molecule has 0 radical (unpaired) electrons. The number of sulfonamides is 1. The van der Waals surface area contributed by atoms with Crippen LogP contribution in [0.5, 0.6) is 11.5 Å². The first kappa shape index (κ1) is 25.4. The van der Waals surface area contributed by atoms with Gasteiger partial charge in [-0.1, -0.05) is 6.07 Å². The number of nitrogens with one attached hydrogen (secondary N) is 2. The van der Waals surface area contributed by atoms with Crippen LogP contribution in [0, 0.1) is 10.1 Å². The summed E-state index contributed by atoms with van der Waals surface area (Å²) in [5.74, 6) is 0.232. The zero-order valence-electron chi connectivity index (χ0n) is 19.3. The molecule has 0 heterocycles. The average molecular weight is 492 g/mol. The zero-order chi connectivity index (χ0) is 24.7. The van der Waals surface area contributed by atoms with Gasteiger partial charge < -0.3 is 14.8 Å². The van der Waals surface area contributed by atoms with E-state index in [0.29, 0.717) is 11.3 Å². The smallest absolute Gasteiger partial charge is 0.276 e. The van der Waals surface area contributed by atoms with Crippen LogP contribution in [0.15, 0.2) is 35.2 Å². The van der Waals surface area contributed by atoms with Gasteiger partial charge in [-0.05, 0) is 61.4 Å². The number of methoxy groups -OCH3 is 2. The van der Waals surface area contributed by atoms with Gasteiger partial charge in [-0.25, -0.2) is 13.1 Å². The van der Waals surface area contributed by atoms with Crippen molar-refractivity contribution in [2.75, 3.05) is 27.3 Å². The van der Waals surface area contributed by atoms with Gasteiger partial charge >= 0.3 is 0 Å². The molecule has 0 bridgehead atoms. The summed E-state index contributed by atoms with van der Waals surface area (Å²) >= 11 is 0. The quantitative estimate of drug-likeness (QED) is 0.364. The van der Waals surface area contributed by atoms with Crippen LogP contribution in [0.4, 0.5) is 5.69 Å². The summed E-state index contributed by atoms with van der Waals surface area (Å²) in [4.78, 5) is 23.2. The molecular weight excluding hydrogens is 462 g/mol. The molecule has 0 aliphatic heterocycles. The highest BCUT2D eigenvalue weighted by molar-refractivity contribution is 7.89. The summed E-state index contributed by atoms with van der Waals surface area (Å²) in [5, 5.41) is 14.0. The SMILES string of the molecule is COc1cc(CCNC(=O)CCNS(=O)(=O)c2ccc3c(c2)CCCC3)c([N+](=O)[O-])cc1OC. The number of nitrogens with zero attached hydrogens (tertiary/aromatic N) is 1. The number of fused-ring (bicyclic) bond motifs is 1. The highest BCUT2D eigenvalue weighted by atomic mass is 32.2. The van der Waals surface area contributed by atoms with Crippen LogP contribution in [0.3, 0.4) is 0 Å². The fourth-order valence-corrected chi connectivity index (χ4v) is 5.05. The van der Waals surface area contributed by atoms with E-state index in [2.05, 4.69) is 10.0 Å². The Morgan fingerprint density at radius 1 is 1.03 bits per heavy atom. The number of hydrogen-bond acceptors (Lipinski definition) is 7. The number of nitro benzene ring substituents is 1. The van der Waals surface area contributed by atoms with Crippen LogP contribution in [0.25, 0.3) is 0 Å². The van der Waals surface area contributed by atoms with E-state index in [1.807, 2.05) is 6.07 Å². The number of rotatable bonds is 11.